The van der Waals surface area contributed by atoms with E-state index in [0.29, 0.717) is 0 Å². The standard InChI is InChI=1S/C35H36N6/c1-24(29-21-38-30-11-3-2-10-28(29)30)37-20-25-15-17-26(18-16-25)22-41(23-34-39-31-12-4-5-13-32(31)40-34)33-14-6-8-27-9-7-19-36-35(27)33/h2-5,7,9-13,15-19,21,24,33,37-38H,6,8,14,20,22-23H2,1H3,(H,39,40). The molecule has 0 saturated carbocycles. The molecule has 1 aliphatic rings. The van der Waals surface area contributed by atoms with Crippen LogP contribution in [0.1, 0.15) is 65.6 Å². The Balaban J connectivity index is 1.08. The summed E-state index contributed by atoms with van der Waals surface area (Å²) >= 11 is 0. The summed E-state index contributed by atoms with van der Waals surface area (Å²) in [5, 5.41) is 4.99. The monoisotopic (exact) mass is 540 g/mol. The number of nitrogens with one attached hydrogen (secondary N) is 3. The van der Waals surface area contributed by atoms with Crippen LogP contribution in [0.2, 0.25) is 0 Å². The van der Waals surface area contributed by atoms with E-state index in [4.69, 9.17) is 9.97 Å². The number of pyridine rings is 1. The Bertz CT molecular complexity index is 1730. The van der Waals surface area contributed by atoms with Crippen LogP contribution in [0.5, 0.6) is 0 Å². The average Bonchev–Trinajstić information content (AvgIpc) is 3.64. The molecule has 3 heterocycles. The van der Waals surface area contributed by atoms with Crippen LogP contribution in [0, 0.1) is 0 Å². The Morgan fingerprint density at radius 2 is 1.71 bits per heavy atom. The minimum Gasteiger partial charge on any atom is -0.361 e. The first kappa shape index (κ1) is 25.7. The van der Waals surface area contributed by atoms with Gasteiger partial charge >= 0.3 is 0 Å². The molecule has 6 aromatic rings. The van der Waals surface area contributed by atoms with E-state index in [-0.39, 0.29) is 12.1 Å². The zero-order valence-electron chi connectivity index (χ0n) is 23.5. The molecule has 0 saturated heterocycles. The summed E-state index contributed by atoms with van der Waals surface area (Å²) in [6.45, 7) is 4.65. The topological polar surface area (TPSA) is 72.6 Å². The van der Waals surface area contributed by atoms with Crippen LogP contribution in [-0.2, 0) is 26.1 Å². The first-order chi connectivity index (χ1) is 20.2. The summed E-state index contributed by atoms with van der Waals surface area (Å²) in [6.07, 6.45) is 7.46. The van der Waals surface area contributed by atoms with Crippen molar-refractivity contribution < 1.29 is 0 Å². The molecule has 6 heteroatoms. The smallest absolute Gasteiger partial charge is 0.121 e. The van der Waals surface area contributed by atoms with Crippen LogP contribution in [0.3, 0.4) is 0 Å². The van der Waals surface area contributed by atoms with Crippen molar-refractivity contribution in [1.82, 2.24) is 30.2 Å². The largest absolute Gasteiger partial charge is 0.361 e. The van der Waals surface area contributed by atoms with Gasteiger partial charge in [-0.2, -0.15) is 0 Å². The molecule has 0 amide bonds. The van der Waals surface area contributed by atoms with Gasteiger partial charge in [0.05, 0.1) is 29.3 Å². The molecule has 206 valence electrons. The zero-order chi connectivity index (χ0) is 27.6. The number of fused-ring (bicyclic) bond motifs is 3. The highest BCUT2D eigenvalue weighted by molar-refractivity contribution is 5.83. The van der Waals surface area contributed by atoms with E-state index in [2.05, 4.69) is 112 Å². The van der Waals surface area contributed by atoms with Crippen molar-refractivity contribution >= 4 is 21.9 Å². The van der Waals surface area contributed by atoms with E-state index in [1.165, 1.54) is 45.3 Å². The molecular formula is C35H36N6. The van der Waals surface area contributed by atoms with Gasteiger partial charge < -0.3 is 15.3 Å². The molecule has 0 aliphatic heterocycles. The number of hydrogen-bond acceptors (Lipinski definition) is 4. The molecular weight excluding hydrogens is 504 g/mol. The van der Waals surface area contributed by atoms with Crippen molar-refractivity contribution in [3.8, 4) is 0 Å². The number of nitrogens with zero attached hydrogens (tertiary/aromatic N) is 3. The summed E-state index contributed by atoms with van der Waals surface area (Å²) in [4.78, 5) is 19.3. The highest BCUT2D eigenvalue weighted by Gasteiger charge is 2.28. The first-order valence-electron chi connectivity index (χ1n) is 14.7. The van der Waals surface area contributed by atoms with Crippen LogP contribution in [0.25, 0.3) is 21.9 Å². The molecule has 0 spiro atoms. The molecule has 3 aromatic carbocycles. The van der Waals surface area contributed by atoms with Gasteiger partial charge in [-0.15, -0.1) is 0 Å². The number of para-hydroxylation sites is 3. The van der Waals surface area contributed by atoms with Gasteiger partial charge in [-0.3, -0.25) is 9.88 Å². The van der Waals surface area contributed by atoms with Gasteiger partial charge in [0.1, 0.15) is 5.82 Å². The van der Waals surface area contributed by atoms with Crippen molar-refractivity contribution in [2.45, 2.75) is 57.9 Å². The van der Waals surface area contributed by atoms with Crippen molar-refractivity contribution in [2.24, 2.45) is 0 Å². The van der Waals surface area contributed by atoms with Gasteiger partial charge in [0.25, 0.3) is 0 Å². The fourth-order valence-electron chi connectivity index (χ4n) is 6.32. The Morgan fingerprint density at radius 1 is 0.902 bits per heavy atom. The Hall–Kier alpha value is -4.26. The predicted molar refractivity (Wildman–Crippen MR) is 165 cm³/mol. The van der Waals surface area contributed by atoms with Crippen LogP contribution < -0.4 is 5.32 Å². The summed E-state index contributed by atoms with van der Waals surface area (Å²) in [7, 11) is 0. The van der Waals surface area contributed by atoms with Gasteiger partial charge in [0.2, 0.25) is 0 Å². The van der Waals surface area contributed by atoms with Crippen LogP contribution in [-0.4, -0.2) is 24.8 Å². The lowest BCUT2D eigenvalue weighted by Crippen LogP contribution is -2.31. The Kier molecular flexibility index (Phi) is 7.09. The molecule has 0 bridgehead atoms. The molecule has 3 aromatic heterocycles. The normalized spacial score (nSPS) is 15.9. The maximum Gasteiger partial charge on any atom is 0.121 e. The summed E-state index contributed by atoms with van der Waals surface area (Å²) in [5.41, 5.74) is 9.78. The molecule has 0 radical (unpaired) electrons. The molecule has 7 rings (SSSR count). The van der Waals surface area contributed by atoms with Crippen molar-refractivity contribution in [3.63, 3.8) is 0 Å². The Morgan fingerprint density at radius 3 is 2.59 bits per heavy atom. The first-order valence-corrected chi connectivity index (χ1v) is 14.7. The second kappa shape index (κ2) is 11.3. The van der Waals surface area contributed by atoms with E-state index < -0.39 is 0 Å². The van der Waals surface area contributed by atoms with Crippen molar-refractivity contribution in [3.05, 3.63) is 131 Å². The number of rotatable bonds is 9. The molecule has 6 nitrogen and oxygen atoms in total. The average molecular weight is 541 g/mol. The third kappa shape index (κ3) is 5.41. The van der Waals surface area contributed by atoms with E-state index in [1.807, 2.05) is 12.3 Å². The van der Waals surface area contributed by atoms with Crippen molar-refractivity contribution in [1.29, 1.82) is 0 Å². The number of aryl methyl sites for hydroxylation is 1. The summed E-state index contributed by atoms with van der Waals surface area (Å²) in [6, 6.07) is 30.7. The Labute approximate surface area is 240 Å². The van der Waals surface area contributed by atoms with E-state index in [9.17, 15) is 0 Å². The van der Waals surface area contributed by atoms with Crippen LogP contribution in [0.15, 0.2) is 97.3 Å². The predicted octanol–water partition coefficient (Wildman–Crippen LogP) is 7.37. The SMILES string of the molecule is CC(NCc1ccc(CN(Cc2nc3ccccc3[nH]2)C2CCCc3cccnc32)cc1)c1c[nH]c2ccccc12. The van der Waals surface area contributed by atoms with Gasteiger partial charge in [-0.25, -0.2) is 4.98 Å². The fraction of sp³-hybridized carbons (Fsp3) is 0.257. The molecule has 1 aliphatic carbocycles. The lowest BCUT2D eigenvalue weighted by atomic mass is 9.90. The third-order valence-corrected chi connectivity index (χ3v) is 8.51. The molecule has 3 N–H and O–H groups in total. The quantitative estimate of drug-likeness (QED) is 0.179. The van der Waals surface area contributed by atoms with E-state index in [1.54, 1.807) is 0 Å². The minimum atomic E-state index is 0.254. The second-order valence-corrected chi connectivity index (χ2v) is 11.3. The number of hydrogen-bond donors (Lipinski definition) is 3. The highest BCUT2D eigenvalue weighted by Crippen LogP contribution is 2.35. The molecule has 41 heavy (non-hydrogen) atoms. The maximum atomic E-state index is 4.91. The third-order valence-electron chi connectivity index (χ3n) is 8.51. The minimum absolute atomic E-state index is 0.254. The number of imidazole rings is 1. The van der Waals surface area contributed by atoms with E-state index >= 15 is 0 Å². The summed E-state index contributed by atoms with van der Waals surface area (Å²) < 4.78 is 0. The van der Waals surface area contributed by atoms with Gasteiger partial charge in [-0.1, -0.05) is 60.7 Å². The zero-order valence-corrected chi connectivity index (χ0v) is 23.5. The number of aromatic nitrogens is 4. The molecule has 2 atom stereocenters. The second-order valence-electron chi connectivity index (χ2n) is 11.3. The fourth-order valence-corrected chi connectivity index (χ4v) is 6.32. The maximum absolute atomic E-state index is 4.91. The number of aromatic amines is 2. The van der Waals surface area contributed by atoms with Gasteiger partial charge in [0, 0.05) is 42.4 Å². The van der Waals surface area contributed by atoms with Crippen LogP contribution in [0.4, 0.5) is 0 Å². The lowest BCUT2D eigenvalue weighted by Gasteiger charge is -2.34. The number of benzene rings is 3. The van der Waals surface area contributed by atoms with Crippen LogP contribution >= 0.6 is 0 Å². The van der Waals surface area contributed by atoms with Gasteiger partial charge in [-0.05, 0) is 72.7 Å². The summed E-state index contributed by atoms with van der Waals surface area (Å²) in [5.74, 6) is 1.00. The molecule has 2 unspecified atom stereocenters. The number of H-pyrrole nitrogens is 2. The highest BCUT2D eigenvalue weighted by atomic mass is 15.2. The van der Waals surface area contributed by atoms with Crippen molar-refractivity contribution in [2.75, 3.05) is 0 Å². The van der Waals surface area contributed by atoms with E-state index in [0.717, 1.165) is 49.3 Å². The van der Waals surface area contributed by atoms with Gasteiger partial charge in [0.15, 0.2) is 0 Å². The molecule has 0 fully saturated rings. The lowest BCUT2D eigenvalue weighted by molar-refractivity contribution is 0.153.